The first-order valence-corrected chi connectivity index (χ1v) is 6.15. The lowest BCUT2D eigenvalue weighted by Gasteiger charge is -2.23. The van der Waals surface area contributed by atoms with E-state index in [4.69, 9.17) is 10.4 Å². The Morgan fingerprint density at radius 1 is 1.50 bits per heavy atom. The predicted molar refractivity (Wildman–Crippen MR) is 73.1 cm³/mol. The molecule has 0 saturated carbocycles. The Kier molecular flexibility index (Phi) is 5.54. The first-order chi connectivity index (χ1) is 9.45. The van der Waals surface area contributed by atoms with E-state index in [0.717, 1.165) is 0 Å². The zero-order chi connectivity index (χ0) is 15.1. The number of benzene rings is 1. The molecule has 1 rings (SSSR count). The molecule has 0 fully saturated rings. The molecule has 1 unspecified atom stereocenters. The summed E-state index contributed by atoms with van der Waals surface area (Å²) in [5, 5.41) is 20.2. The lowest BCUT2D eigenvalue weighted by atomic mass is 10.1. The average molecular weight is 275 g/mol. The van der Waals surface area contributed by atoms with E-state index in [1.807, 2.05) is 6.07 Å². The fourth-order valence-electron chi connectivity index (χ4n) is 1.59. The van der Waals surface area contributed by atoms with Gasteiger partial charge in [0.1, 0.15) is 0 Å². The number of rotatable bonds is 5. The van der Waals surface area contributed by atoms with Gasteiger partial charge in [0.2, 0.25) is 0 Å². The minimum Gasteiger partial charge on any atom is -0.478 e. The number of carbonyl (C=O) groups excluding carboxylic acids is 1. The first kappa shape index (κ1) is 15.5. The van der Waals surface area contributed by atoms with Crippen LogP contribution in [0.1, 0.15) is 29.3 Å². The van der Waals surface area contributed by atoms with Crippen LogP contribution in [0.25, 0.3) is 0 Å². The molecule has 106 valence electrons. The van der Waals surface area contributed by atoms with Crippen molar-refractivity contribution in [3.8, 4) is 6.07 Å². The Balaban J connectivity index is 2.59. The Hall–Kier alpha value is -2.55. The number of hydrogen-bond donors (Lipinski definition) is 2. The molecular weight excluding hydrogens is 258 g/mol. The van der Waals surface area contributed by atoms with Gasteiger partial charge in [0, 0.05) is 19.6 Å². The van der Waals surface area contributed by atoms with Crippen LogP contribution in [0.15, 0.2) is 24.3 Å². The van der Waals surface area contributed by atoms with Gasteiger partial charge in [-0.05, 0) is 24.6 Å². The van der Waals surface area contributed by atoms with Gasteiger partial charge in [0.15, 0.2) is 0 Å². The summed E-state index contributed by atoms with van der Waals surface area (Å²) in [6.45, 7) is 2.03. The first-order valence-electron chi connectivity index (χ1n) is 6.15. The predicted octanol–water partition coefficient (Wildman–Crippen LogP) is 1.83. The van der Waals surface area contributed by atoms with E-state index in [-0.39, 0.29) is 30.6 Å². The molecule has 0 aliphatic heterocycles. The van der Waals surface area contributed by atoms with Crippen molar-refractivity contribution in [3.63, 3.8) is 0 Å². The third kappa shape index (κ3) is 4.28. The van der Waals surface area contributed by atoms with Gasteiger partial charge in [0.05, 0.1) is 18.1 Å². The molecule has 6 nitrogen and oxygen atoms in total. The fraction of sp³-hybridized carbons (Fsp3) is 0.357. The summed E-state index contributed by atoms with van der Waals surface area (Å²) in [7, 11) is 1.62. The van der Waals surface area contributed by atoms with Crippen molar-refractivity contribution in [2.45, 2.75) is 25.9 Å². The maximum atomic E-state index is 11.8. The molecule has 0 aliphatic carbocycles. The summed E-state index contributed by atoms with van der Waals surface area (Å²) < 4.78 is 0. The summed E-state index contributed by atoms with van der Waals surface area (Å²) in [4.78, 5) is 24.1. The Labute approximate surface area is 117 Å². The summed E-state index contributed by atoms with van der Waals surface area (Å²) in [5.74, 6) is -1.00. The molecule has 1 aromatic carbocycles. The Morgan fingerprint density at radius 3 is 2.80 bits per heavy atom. The van der Waals surface area contributed by atoms with Gasteiger partial charge in [0.25, 0.3) is 0 Å². The van der Waals surface area contributed by atoms with E-state index in [0.29, 0.717) is 5.56 Å². The van der Waals surface area contributed by atoms with Gasteiger partial charge in [-0.15, -0.1) is 0 Å². The number of amides is 2. The molecule has 6 heteroatoms. The van der Waals surface area contributed by atoms with Crippen LogP contribution in [-0.2, 0) is 6.54 Å². The number of nitrogens with one attached hydrogen (secondary N) is 1. The molecule has 2 N–H and O–H groups in total. The maximum Gasteiger partial charge on any atom is 0.335 e. The Morgan fingerprint density at radius 2 is 2.20 bits per heavy atom. The van der Waals surface area contributed by atoms with Crippen molar-refractivity contribution in [2.24, 2.45) is 0 Å². The summed E-state index contributed by atoms with van der Waals surface area (Å²) >= 11 is 0. The van der Waals surface area contributed by atoms with Gasteiger partial charge >= 0.3 is 12.0 Å². The van der Waals surface area contributed by atoms with Crippen LogP contribution in [0, 0.1) is 11.3 Å². The van der Waals surface area contributed by atoms with Crippen LogP contribution in [0.3, 0.4) is 0 Å². The molecule has 0 spiro atoms. The van der Waals surface area contributed by atoms with Gasteiger partial charge in [-0.2, -0.15) is 5.26 Å². The van der Waals surface area contributed by atoms with Gasteiger partial charge in [-0.25, -0.2) is 9.59 Å². The van der Waals surface area contributed by atoms with Gasteiger partial charge in [-0.3, -0.25) is 0 Å². The van der Waals surface area contributed by atoms with Crippen LogP contribution in [0.5, 0.6) is 0 Å². The molecular formula is C14H17N3O3. The zero-order valence-corrected chi connectivity index (χ0v) is 11.5. The number of urea groups is 1. The number of aromatic carboxylic acids is 1. The van der Waals surface area contributed by atoms with E-state index < -0.39 is 5.97 Å². The number of nitrogens with zero attached hydrogens (tertiary/aromatic N) is 2. The number of carbonyl (C=O) groups is 2. The monoisotopic (exact) mass is 275 g/mol. The summed E-state index contributed by atoms with van der Waals surface area (Å²) in [6.07, 6.45) is 0.262. The molecule has 0 aromatic heterocycles. The highest BCUT2D eigenvalue weighted by Crippen LogP contribution is 2.06. The van der Waals surface area contributed by atoms with Crippen molar-refractivity contribution in [2.75, 3.05) is 7.05 Å². The maximum absolute atomic E-state index is 11.8. The molecule has 1 aromatic rings. The highest BCUT2D eigenvalue weighted by molar-refractivity contribution is 5.87. The van der Waals surface area contributed by atoms with Crippen LogP contribution in [0.4, 0.5) is 4.79 Å². The second-order valence-electron chi connectivity index (χ2n) is 4.49. The Bertz CT molecular complexity index is 537. The highest BCUT2D eigenvalue weighted by Gasteiger charge is 2.14. The fourth-order valence-corrected chi connectivity index (χ4v) is 1.59. The lowest BCUT2D eigenvalue weighted by molar-refractivity contribution is 0.0696. The van der Waals surface area contributed by atoms with Crippen LogP contribution in [-0.4, -0.2) is 35.1 Å². The van der Waals surface area contributed by atoms with E-state index in [9.17, 15) is 9.59 Å². The van der Waals surface area contributed by atoms with E-state index in [2.05, 4.69) is 5.32 Å². The number of carboxylic acid groups (broad SMARTS) is 1. The smallest absolute Gasteiger partial charge is 0.335 e. The van der Waals surface area contributed by atoms with Crippen molar-refractivity contribution in [1.29, 1.82) is 5.26 Å². The molecule has 2 amide bonds. The standard InChI is InChI=1S/C14H17N3O3/c1-10(6-7-15)17(2)14(20)16-9-11-4-3-5-12(8-11)13(18)19/h3-5,8,10H,6,9H2,1-2H3,(H,16,20)(H,18,19). The molecule has 1 atom stereocenters. The molecule has 0 bridgehead atoms. The minimum absolute atomic E-state index is 0.176. The third-order valence-corrected chi connectivity index (χ3v) is 2.99. The summed E-state index contributed by atoms with van der Waals surface area (Å²) in [5.41, 5.74) is 0.891. The van der Waals surface area contributed by atoms with Crippen molar-refractivity contribution in [3.05, 3.63) is 35.4 Å². The zero-order valence-electron chi connectivity index (χ0n) is 11.5. The van der Waals surface area contributed by atoms with Crippen molar-refractivity contribution in [1.82, 2.24) is 10.2 Å². The van der Waals surface area contributed by atoms with Gasteiger partial charge < -0.3 is 15.3 Å². The van der Waals surface area contributed by atoms with E-state index >= 15 is 0 Å². The largest absolute Gasteiger partial charge is 0.478 e. The topological polar surface area (TPSA) is 93.4 Å². The third-order valence-electron chi connectivity index (χ3n) is 2.99. The molecule has 0 heterocycles. The quantitative estimate of drug-likeness (QED) is 0.857. The number of hydrogen-bond acceptors (Lipinski definition) is 3. The number of nitriles is 1. The number of carboxylic acids is 1. The highest BCUT2D eigenvalue weighted by atomic mass is 16.4. The second kappa shape index (κ2) is 7.14. The lowest BCUT2D eigenvalue weighted by Crippen LogP contribution is -2.41. The average Bonchev–Trinajstić information content (AvgIpc) is 2.44. The van der Waals surface area contributed by atoms with Crippen LogP contribution in [0.2, 0.25) is 0 Å². The molecule has 0 radical (unpaired) electrons. The van der Waals surface area contributed by atoms with Crippen LogP contribution >= 0.6 is 0 Å². The van der Waals surface area contributed by atoms with Crippen LogP contribution < -0.4 is 5.32 Å². The normalized spacial score (nSPS) is 11.2. The van der Waals surface area contributed by atoms with E-state index in [1.165, 1.54) is 17.0 Å². The van der Waals surface area contributed by atoms with E-state index in [1.54, 1.807) is 26.1 Å². The van der Waals surface area contributed by atoms with Gasteiger partial charge in [-0.1, -0.05) is 12.1 Å². The minimum atomic E-state index is -1.00. The SMILES string of the molecule is CC(CC#N)N(C)C(=O)NCc1cccc(C(=O)O)c1. The molecule has 20 heavy (non-hydrogen) atoms. The van der Waals surface area contributed by atoms with Crippen molar-refractivity contribution < 1.29 is 14.7 Å². The molecule has 0 saturated heterocycles. The second-order valence-corrected chi connectivity index (χ2v) is 4.49. The van der Waals surface area contributed by atoms with Crippen molar-refractivity contribution >= 4 is 12.0 Å². The molecule has 0 aliphatic rings. The summed E-state index contributed by atoms with van der Waals surface area (Å²) in [6, 6.07) is 7.92.